The predicted octanol–water partition coefficient (Wildman–Crippen LogP) is 2.20. The summed E-state index contributed by atoms with van der Waals surface area (Å²) >= 11 is 0. The lowest BCUT2D eigenvalue weighted by Gasteiger charge is -2.30. The van der Waals surface area contributed by atoms with Crippen LogP contribution in [0.15, 0.2) is 18.3 Å². The number of hydrogen-bond donors (Lipinski definition) is 1. The van der Waals surface area contributed by atoms with Gasteiger partial charge in [0, 0.05) is 44.2 Å². The minimum atomic E-state index is -3.02. The third kappa shape index (κ3) is 4.82. The predicted molar refractivity (Wildman–Crippen MR) is 106 cm³/mol. The summed E-state index contributed by atoms with van der Waals surface area (Å²) in [6.45, 7) is 2.56. The Balaban J connectivity index is 1.60. The molecule has 2 fully saturated rings. The van der Waals surface area contributed by atoms with Crippen LogP contribution in [0.1, 0.15) is 31.4 Å². The van der Waals surface area contributed by atoms with Crippen molar-refractivity contribution in [3.8, 4) is 5.95 Å². The molecule has 0 atom stereocenters. The van der Waals surface area contributed by atoms with Crippen molar-refractivity contribution < 1.29 is 17.2 Å². The van der Waals surface area contributed by atoms with Crippen molar-refractivity contribution in [2.24, 2.45) is 0 Å². The number of nitrogens with zero attached hydrogens (tertiary/aromatic N) is 5. The lowest BCUT2D eigenvalue weighted by molar-refractivity contribution is -0.0361. The largest absolute Gasteiger partial charge is 0.367 e. The summed E-state index contributed by atoms with van der Waals surface area (Å²) in [5.74, 6) is -0.955. The maximum atomic E-state index is 13.5. The molecule has 0 amide bonds. The first-order valence-corrected chi connectivity index (χ1v) is 11.5. The molecular weight excluding hydrogens is 402 g/mol. The van der Waals surface area contributed by atoms with Crippen LogP contribution in [-0.2, 0) is 9.84 Å². The molecule has 3 heterocycles. The van der Waals surface area contributed by atoms with E-state index in [0.717, 1.165) is 5.69 Å². The van der Waals surface area contributed by atoms with Crippen molar-refractivity contribution in [2.45, 2.75) is 44.6 Å². The van der Waals surface area contributed by atoms with Crippen molar-refractivity contribution in [3.05, 3.63) is 24.0 Å². The molecule has 29 heavy (non-hydrogen) atoms. The summed E-state index contributed by atoms with van der Waals surface area (Å²) in [6, 6.07) is 3.50. The van der Waals surface area contributed by atoms with Gasteiger partial charge in [-0.25, -0.2) is 21.9 Å². The molecular formula is C18H24F2N6O2S. The lowest BCUT2D eigenvalue weighted by atomic mass is 9.92. The Hall–Kier alpha value is -2.30. The molecule has 1 saturated heterocycles. The number of aryl methyl sites for hydroxylation is 1. The van der Waals surface area contributed by atoms with E-state index in [4.69, 9.17) is 0 Å². The van der Waals surface area contributed by atoms with Crippen molar-refractivity contribution in [2.75, 3.05) is 34.8 Å². The molecule has 1 saturated carbocycles. The second kappa shape index (κ2) is 7.51. The van der Waals surface area contributed by atoms with E-state index >= 15 is 0 Å². The van der Waals surface area contributed by atoms with Gasteiger partial charge < -0.3 is 10.2 Å². The highest BCUT2D eigenvalue weighted by Gasteiger charge is 2.35. The maximum Gasteiger partial charge on any atom is 0.254 e. The molecule has 0 spiro atoms. The Kier molecular flexibility index (Phi) is 5.18. The lowest BCUT2D eigenvalue weighted by Crippen LogP contribution is -2.41. The van der Waals surface area contributed by atoms with E-state index in [-0.39, 0.29) is 30.4 Å². The van der Waals surface area contributed by atoms with Gasteiger partial charge in [-0.15, -0.1) is 0 Å². The van der Waals surface area contributed by atoms with Gasteiger partial charge in [-0.05, 0) is 25.8 Å². The SMILES string of the molecule is Cc1ccn(-c2nc(NC3CCC(F)(F)CC3)cc(N3CCS(=O)(=O)CC3)n2)n1. The quantitative estimate of drug-likeness (QED) is 0.801. The smallest absolute Gasteiger partial charge is 0.254 e. The highest BCUT2D eigenvalue weighted by molar-refractivity contribution is 7.91. The normalized spacial score (nSPS) is 21.8. The van der Waals surface area contributed by atoms with Crippen LogP contribution in [0.25, 0.3) is 5.95 Å². The fraction of sp³-hybridized carbons (Fsp3) is 0.611. The van der Waals surface area contributed by atoms with Crippen molar-refractivity contribution in [3.63, 3.8) is 0 Å². The van der Waals surface area contributed by atoms with E-state index in [1.54, 1.807) is 16.9 Å². The molecule has 8 nitrogen and oxygen atoms in total. The average Bonchev–Trinajstić information content (AvgIpc) is 3.10. The zero-order valence-corrected chi connectivity index (χ0v) is 17.0. The number of anilines is 2. The number of sulfone groups is 1. The van der Waals surface area contributed by atoms with Crippen LogP contribution in [0.4, 0.5) is 20.4 Å². The Morgan fingerprint density at radius 1 is 1.17 bits per heavy atom. The summed E-state index contributed by atoms with van der Waals surface area (Å²) in [4.78, 5) is 11.0. The molecule has 0 aromatic carbocycles. The van der Waals surface area contributed by atoms with E-state index in [1.165, 1.54) is 0 Å². The molecule has 0 radical (unpaired) electrons. The monoisotopic (exact) mass is 426 g/mol. The summed E-state index contributed by atoms with van der Waals surface area (Å²) in [5.41, 5.74) is 0.812. The number of aromatic nitrogens is 4. The fourth-order valence-corrected chi connectivity index (χ4v) is 4.82. The molecule has 1 N–H and O–H groups in total. The van der Waals surface area contributed by atoms with Gasteiger partial charge in [0.05, 0.1) is 17.2 Å². The molecule has 2 aromatic rings. The van der Waals surface area contributed by atoms with E-state index in [0.29, 0.717) is 43.5 Å². The van der Waals surface area contributed by atoms with Crippen LogP contribution in [0.3, 0.4) is 0 Å². The zero-order chi connectivity index (χ0) is 20.6. The molecule has 11 heteroatoms. The summed E-state index contributed by atoms with van der Waals surface area (Å²) < 4.78 is 52.0. The Morgan fingerprint density at radius 3 is 2.48 bits per heavy atom. The van der Waals surface area contributed by atoms with Crippen LogP contribution in [-0.4, -0.2) is 64.7 Å². The van der Waals surface area contributed by atoms with E-state index in [1.807, 2.05) is 17.9 Å². The maximum absolute atomic E-state index is 13.5. The standard InChI is InChI=1S/C18H24F2N6O2S/c1-13-4-7-26(24-13)17-22-15(21-14-2-5-18(19,20)6-3-14)12-16(23-17)25-8-10-29(27,28)11-9-25/h4,7,12,14H,2-3,5-6,8-11H2,1H3,(H,21,22,23). The van der Waals surface area contributed by atoms with E-state index < -0.39 is 15.8 Å². The van der Waals surface area contributed by atoms with Crippen LogP contribution in [0.2, 0.25) is 0 Å². The molecule has 0 bridgehead atoms. The van der Waals surface area contributed by atoms with Crippen molar-refractivity contribution in [1.82, 2.24) is 19.7 Å². The molecule has 2 aliphatic rings. The second-order valence-electron chi connectivity index (χ2n) is 7.73. The van der Waals surface area contributed by atoms with Crippen molar-refractivity contribution >= 4 is 21.5 Å². The number of alkyl halides is 2. The minimum Gasteiger partial charge on any atom is -0.367 e. The average molecular weight is 426 g/mol. The van der Waals surface area contributed by atoms with Gasteiger partial charge >= 0.3 is 0 Å². The van der Waals surface area contributed by atoms with Gasteiger partial charge in [-0.2, -0.15) is 15.1 Å². The molecule has 0 unspecified atom stereocenters. The van der Waals surface area contributed by atoms with E-state index in [2.05, 4.69) is 20.4 Å². The van der Waals surface area contributed by atoms with Crippen LogP contribution in [0.5, 0.6) is 0 Å². The number of rotatable bonds is 4. The number of hydrogen-bond acceptors (Lipinski definition) is 7. The zero-order valence-electron chi connectivity index (χ0n) is 16.2. The molecule has 1 aliphatic heterocycles. The third-order valence-electron chi connectivity index (χ3n) is 5.37. The molecule has 1 aliphatic carbocycles. The molecule has 4 rings (SSSR count). The number of nitrogens with one attached hydrogen (secondary N) is 1. The van der Waals surface area contributed by atoms with Crippen LogP contribution in [0, 0.1) is 6.92 Å². The Labute approximate surface area is 168 Å². The first kappa shape index (κ1) is 20.0. The number of halogens is 2. The van der Waals surface area contributed by atoms with Gasteiger partial charge in [-0.3, -0.25) is 0 Å². The van der Waals surface area contributed by atoms with E-state index in [9.17, 15) is 17.2 Å². The van der Waals surface area contributed by atoms with Crippen molar-refractivity contribution in [1.29, 1.82) is 0 Å². The minimum absolute atomic E-state index is 0.0771. The second-order valence-corrected chi connectivity index (χ2v) is 10.0. The van der Waals surface area contributed by atoms with Crippen LogP contribution < -0.4 is 10.2 Å². The van der Waals surface area contributed by atoms with Gasteiger partial charge in [0.25, 0.3) is 5.95 Å². The summed E-state index contributed by atoms with van der Waals surface area (Å²) in [6.07, 6.45) is 2.20. The fourth-order valence-electron chi connectivity index (χ4n) is 3.62. The first-order chi connectivity index (χ1) is 13.7. The summed E-state index contributed by atoms with van der Waals surface area (Å²) in [7, 11) is -3.02. The van der Waals surface area contributed by atoms with Gasteiger partial charge in [0.1, 0.15) is 11.6 Å². The molecule has 158 valence electrons. The highest BCUT2D eigenvalue weighted by atomic mass is 32.2. The van der Waals surface area contributed by atoms with Gasteiger partial charge in [0.2, 0.25) is 5.92 Å². The van der Waals surface area contributed by atoms with Crippen LogP contribution >= 0.6 is 0 Å². The third-order valence-corrected chi connectivity index (χ3v) is 6.97. The van der Waals surface area contributed by atoms with Gasteiger partial charge in [-0.1, -0.05) is 0 Å². The van der Waals surface area contributed by atoms with Gasteiger partial charge in [0.15, 0.2) is 9.84 Å². The summed E-state index contributed by atoms with van der Waals surface area (Å²) in [5, 5.41) is 7.61. The first-order valence-electron chi connectivity index (χ1n) is 9.71. The highest BCUT2D eigenvalue weighted by Crippen LogP contribution is 2.34. The Bertz CT molecular complexity index is 970. The Morgan fingerprint density at radius 2 is 1.86 bits per heavy atom. The topological polar surface area (TPSA) is 93.0 Å². The molecule has 2 aromatic heterocycles.